The summed E-state index contributed by atoms with van der Waals surface area (Å²) in [5.41, 5.74) is 14.1. The highest BCUT2D eigenvalue weighted by Gasteiger charge is 2.25. The Morgan fingerprint density at radius 1 is 0.745 bits per heavy atom. The Balaban J connectivity index is 1.16. The van der Waals surface area contributed by atoms with Crippen LogP contribution in [-0.2, 0) is 12.8 Å². The summed E-state index contributed by atoms with van der Waals surface area (Å²) < 4.78 is 8.60. The molecule has 51 heavy (non-hydrogen) atoms. The third-order valence-electron chi connectivity index (χ3n) is 11.5. The molecule has 0 saturated carbocycles. The van der Waals surface area contributed by atoms with Crippen molar-refractivity contribution in [1.29, 1.82) is 5.26 Å². The van der Waals surface area contributed by atoms with Crippen LogP contribution in [0.25, 0.3) is 60.6 Å². The first-order chi connectivity index (χ1) is 25.1. The van der Waals surface area contributed by atoms with Crippen LogP contribution < -0.4 is 0 Å². The quantitative estimate of drug-likeness (QED) is 0.162. The Morgan fingerprint density at radius 3 is 2.41 bits per heavy atom. The number of fused-ring (bicyclic) bond motifs is 9. The van der Waals surface area contributed by atoms with Crippen LogP contribution >= 0.6 is 0 Å². The average Bonchev–Trinajstić information content (AvgIpc) is 3.65. The highest BCUT2D eigenvalue weighted by atomic mass is 16.3. The van der Waals surface area contributed by atoms with E-state index < -0.39 is 0 Å². The number of unbranched alkanes of at least 4 members (excludes halogenated alkanes) is 1. The molecule has 0 saturated heterocycles. The lowest BCUT2D eigenvalue weighted by atomic mass is 9.85. The van der Waals surface area contributed by atoms with Gasteiger partial charge in [0.2, 0.25) is 0 Å². The second kappa shape index (κ2) is 12.9. The number of aryl methyl sites for hydroxylation is 1. The van der Waals surface area contributed by atoms with Gasteiger partial charge in [-0.25, -0.2) is 0 Å². The van der Waals surface area contributed by atoms with Gasteiger partial charge in [-0.2, -0.15) is 5.26 Å². The number of benzene rings is 6. The van der Waals surface area contributed by atoms with E-state index in [-0.39, 0.29) is 5.92 Å². The molecule has 250 valence electrons. The van der Waals surface area contributed by atoms with Crippen LogP contribution in [0, 0.1) is 17.2 Å². The monoisotopic (exact) mass is 662 g/mol. The SMILES string of the molecule is CCCCC(CC)Cc1ccc2c(c1)c1cc(C#N)ccc1n2-c1ccc2c(c1)-c1ccccc1C(c1ccc3oc4ccccc4c3c1)CC2. The molecule has 0 spiro atoms. The molecule has 1 aliphatic rings. The number of nitrogens with zero attached hydrogens (tertiary/aromatic N) is 2. The molecule has 1 aliphatic carbocycles. The van der Waals surface area contributed by atoms with Crippen LogP contribution in [0.15, 0.2) is 126 Å². The smallest absolute Gasteiger partial charge is 0.135 e. The summed E-state index contributed by atoms with van der Waals surface area (Å²) in [5, 5.41) is 14.6. The Kier molecular flexibility index (Phi) is 7.97. The second-order valence-corrected chi connectivity index (χ2v) is 14.5. The fraction of sp³-hybridized carbons (Fsp3) is 0.229. The maximum atomic E-state index is 9.86. The standard InChI is InChI=1S/C48H42N2O/c1-3-5-10-31(4-2)25-32-15-22-45-42(26-32)43-27-33(30-49)16-23-46(43)50(45)36-20-17-34-18-21-37(38-11-6-7-12-39(38)41(34)29-36)35-19-24-48-44(28-35)40-13-8-9-14-47(40)51-48/h6-9,11-17,19-20,22-24,26-29,31,37H,3-5,10,18,21,25H2,1-2H3. The van der Waals surface area contributed by atoms with Crippen molar-refractivity contribution in [3.05, 3.63) is 149 Å². The van der Waals surface area contributed by atoms with Crippen LogP contribution in [0.2, 0.25) is 0 Å². The highest BCUT2D eigenvalue weighted by molar-refractivity contribution is 6.10. The van der Waals surface area contributed by atoms with E-state index in [9.17, 15) is 5.26 Å². The van der Waals surface area contributed by atoms with Crippen molar-refractivity contribution in [2.45, 2.75) is 64.7 Å². The first-order valence-electron chi connectivity index (χ1n) is 18.7. The molecule has 2 aromatic heterocycles. The molecular formula is C48H42N2O. The van der Waals surface area contributed by atoms with Crippen molar-refractivity contribution in [1.82, 2.24) is 4.57 Å². The minimum absolute atomic E-state index is 0.274. The summed E-state index contributed by atoms with van der Waals surface area (Å²) in [6.45, 7) is 4.60. The molecule has 8 aromatic rings. The fourth-order valence-electron chi connectivity index (χ4n) is 8.80. The Bertz CT molecular complexity index is 2630. The van der Waals surface area contributed by atoms with Gasteiger partial charge in [-0.05, 0) is 119 Å². The highest BCUT2D eigenvalue weighted by Crippen LogP contribution is 2.44. The summed E-state index contributed by atoms with van der Waals surface area (Å²) in [5.74, 6) is 0.968. The van der Waals surface area contributed by atoms with Gasteiger partial charge in [0.1, 0.15) is 11.2 Å². The molecule has 0 amide bonds. The Hall–Kier alpha value is -5.59. The maximum absolute atomic E-state index is 9.86. The lowest BCUT2D eigenvalue weighted by molar-refractivity contribution is 0.449. The normalized spacial score (nSPS) is 14.8. The predicted molar refractivity (Wildman–Crippen MR) is 212 cm³/mol. The Labute approximate surface area is 299 Å². The number of hydrogen-bond acceptors (Lipinski definition) is 2. The van der Waals surface area contributed by atoms with Crippen molar-refractivity contribution in [2.24, 2.45) is 5.92 Å². The van der Waals surface area contributed by atoms with E-state index >= 15 is 0 Å². The van der Waals surface area contributed by atoms with Crippen LogP contribution in [0.1, 0.15) is 79.7 Å². The second-order valence-electron chi connectivity index (χ2n) is 14.5. The van der Waals surface area contributed by atoms with E-state index in [4.69, 9.17) is 4.42 Å². The molecule has 0 bridgehead atoms. The number of nitriles is 1. The van der Waals surface area contributed by atoms with Crippen molar-refractivity contribution in [3.8, 4) is 22.9 Å². The summed E-state index contributed by atoms with van der Waals surface area (Å²) >= 11 is 0. The largest absolute Gasteiger partial charge is 0.456 e. The summed E-state index contributed by atoms with van der Waals surface area (Å²) in [7, 11) is 0. The lowest BCUT2D eigenvalue weighted by Gasteiger charge is -2.19. The van der Waals surface area contributed by atoms with Crippen LogP contribution in [0.3, 0.4) is 0 Å². The maximum Gasteiger partial charge on any atom is 0.135 e. The van der Waals surface area contributed by atoms with E-state index in [1.54, 1.807) is 0 Å². The first-order valence-corrected chi connectivity index (χ1v) is 18.7. The van der Waals surface area contributed by atoms with Gasteiger partial charge >= 0.3 is 0 Å². The molecule has 2 atom stereocenters. The predicted octanol–water partition coefficient (Wildman–Crippen LogP) is 13.1. The summed E-state index contributed by atoms with van der Waals surface area (Å²) in [6, 6.07) is 46.8. The van der Waals surface area contributed by atoms with Gasteiger partial charge in [0, 0.05) is 33.2 Å². The van der Waals surface area contributed by atoms with Crippen molar-refractivity contribution in [3.63, 3.8) is 0 Å². The number of rotatable bonds is 8. The zero-order valence-electron chi connectivity index (χ0n) is 29.5. The summed E-state index contributed by atoms with van der Waals surface area (Å²) in [6.07, 6.45) is 8.13. The van der Waals surface area contributed by atoms with Crippen LogP contribution in [0.5, 0.6) is 0 Å². The molecule has 6 aromatic carbocycles. The molecule has 0 N–H and O–H groups in total. The van der Waals surface area contributed by atoms with E-state index in [1.807, 2.05) is 12.1 Å². The van der Waals surface area contributed by atoms with Gasteiger partial charge in [-0.15, -0.1) is 0 Å². The molecule has 3 nitrogen and oxygen atoms in total. The summed E-state index contributed by atoms with van der Waals surface area (Å²) in [4.78, 5) is 0. The molecule has 0 aliphatic heterocycles. The number of furan rings is 1. The molecule has 0 fully saturated rings. The van der Waals surface area contributed by atoms with Crippen LogP contribution in [0.4, 0.5) is 0 Å². The van der Waals surface area contributed by atoms with Gasteiger partial charge < -0.3 is 8.98 Å². The topological polar surface area (TPSA) is 41.9 Å². The van der Waals surface area contributed by atoms with E-state index in [2.05, 4.69) is 134 Å². The molecule has 9 rings (SSSR count). The Morgan fingerprint density at radius 2 is 1.55 bits per heavy atom. The third-order valence-corrected chi connectivity index (χ3v) is 11.5. The van der Waals surface area contributed by atoms with Gasteiger partial charge in [-0.3, -0.25) is 0 Å². The first kappa shape index (κ1) is 31.4. The molecule has 2 unspecified atom stereocenters. The molecule has 0 radical (unpaired) electrons. The van der Waals surface area contributed by atoms with Gasteiger partial charge in [-0.1, -0.05) is 100 Å². The number of aromatic nitrogens is 1. The lowest BCUT2D eigenvalue weighted by Crippen LogP contribution is -2.03. The fourth-order valence-corrected chi connectivity index (χ4v) is 8.80. The van der Waals surface area contributed by atoms with Gasteiger partial charge in [0.15, 0.2) is 0 Å². The third kappa shape index (κ3) is 5.42. The zero-order chi connectivity index (χ0) is 34.5. The molecular weight excluding hydrogens is 621 g/mol. The molecule has 2 heterocycles. The van der Waals surface area contributed by atoms with Crippen molar-refractivity contribution in [2.75, 3.05) is 0 Å². The minimum atomic E-state index is 0.274. The van der Waals surface area contributed by atoms with Gasteiger partial charge in [0.05, 0.1) is 22.7 Å². The van der Waals surface area contributed by atoms with Crippen molar-refractivity contribution < 1.29 is 4.42 Å². The number of hydrogen-bond donors (Lipinski definition) is 0. The van der Waals surface area contributed by atoms with E-state index in [1.165, 1.54) is 80.7 Å². The zero-order valence-corrected chi connectivity index (χ0v) is 29.5. The number of para-hydroxylation sites is 1. The van der Waals surface area contributed by atoms with Gasteiger partial charge in [0.25, 0.3) is 0 Å². The van der Waals surface area contributed by atoms with E-state index in [0.717, 1.165) is 47.0 Å². The average molecular weight is 663 g/mol. The van der Waals surface area contributed by atoms with Crippen molar-refractivity contribution >= 4 is 43.7 Å². The molecule has 3 heteroatoms. The minimum Gasteiger partial charge on any atom is -0.456 e. The van der Waals surface area contributed by atoms with Crippen LogP contribution in [-0.4, -0.2) is 4.57 Å². The van der Waals surface area contributed by atoms with E-state index in [0.29, 0.717) is 11.5 Å².